The van der Waals surface area contributed by atoms with Crippen molar-refractivity contribution in [2.75, 3.05) is 0 Å². The Hall–Kier alpha value is -2.04. The quantitative estimate of drug-likeness (QED) is 0.863. The fourth-order valence-electron chi connectivity index (χ4n) is 2.22. The lowest BCUT2D eigenvalue weighted by atomic mass is 10.0. The largest absolute Gasteiger partial charge is 0.488 e. The van der Waals surface area contributed by atoms with E-state index >= 15 is 0 Å². The Balaban J connectivity index is 2.11. The van der Waals surface area contributed by atoms with Gasteiger partial charge in [0, 0.05) is 12.0 Å². The van der Waals surface area contributed by atoms with Crippen LogP contribution >= 0.6 is 0 Å². The van der Waals surface area contributed by atoms with Crippen LogP contribution in [-0.2, 0) is 16.0 Å². The molecule has 2 atom stereocenters. The number of alkyl carbamates (subject to hydrolysis) is 1. The molecule has 1 aromatic carbocycles. The van der Waals surface area contributed by atoms with Crippen molar-refractivity contribution in [1.82, 2.24) is 5.32 Å². The lowest BCUT2D eigenvalue weighted by Crippen LogP contribution is -2.50. The Bertz CT molecular complexity index is 547. The van der Waals surface area contributed by atoms with Gasteiger partial charge in [-0.3, -0.25) is 4.79 Å². The summed E-state index contributed by atoms with van der Waals surface area (Å²) in [5, 5.41) is 2.61. The van der Waals surface area contributed by atoms with E-state index in [4.69, 9.17) is 9.47 Å². The highest BCUT2D eigenvalue weighted by Gasteiger charge is 2.33. The van der Waals surface area contributed by atoms with E-state index in [1.807, 2.05) is 24.3 Å². The molecule has 1 aliphatic rings. The van der Waals surface area contributed by atoms with E-state index in [0.29, 0.717) is 5.75 Å². The minimum atomic E-state index is -0.716. The number of para-hydroxylation sites is 1. The van der Waals surface area contributed by atoms with Gasteiger partial charge in [0.05, 0.1) is 0 Å². The SMILES string of the molecule is C[C@H]1Oc2ccccc2CC(=O)[C@H]1NC(=O)OC(C)(C)C. The molecule has 0 aromatic heterocycles. The number of Topliss-reactive ketones (excluding diaryl/α,β-unsaturated/α-hetero) is 1. The van der Waals surface area contributed by atoms with Crippen molar-refractivity contribution >= 4 is 11.9 Å². The summed E-state index contributed by atoms with van der Waals surface area (Å²) in [6.07, 6.45) is -0.822. The minimum Gasteiger partial charge on any atom is -0.488 e. The van der Waals surface area contributed by atoms with Gasteiger partial charge < -0.3 is 14.8 Å². The smallest absolute Gasteiger partial charge is 0.408 e. The van der Waals surface area contributed by atoms with Crippen LogP contribution in [0.5, 0.6) is 5.75 Å². The summed E-state index contributed by atoms with van der Waals surface area (Å²) < 4.78 is 11.0. The third-order valence-corrected chi connectivity index (χ3v) is 3.14. The molecule has 5 heteroatoms. The molecule has 1 aliphatic heterocycles. The third kappa shape index (κ3) is 3.97. The third-order valence-electron chi connectivity index (χ3n) is 3.14. The van der Waals surface area contributed by atoms with Gasteiger partial charge in [-0.25, -0.2) is 4.79 Å². The Morgan fingerprint density at radius 3 is 2.67 bits per heavy atom. The zero-order valence-corrected chi connectivity index (χ0v) is 12.8. The number of carbonyl (C=O) groups excluding carboxylic acids is 2. The second kappa shape index (κ2) is 5.76. The van der Waals surface area contributed by atoms with Crippen molar-refractivity contribution in [3.05, 3.63) is 29.8 Å². The molecule has 0 unspecified atom stereocenters. The number of rotatable bonds is 1. The van der Waals surface area contributed by atoms with Crippen molar-refractivity contribution in [2.45, 2.75) is 51.9 Å². The number of amides is 1. The Labute approximate surface area is 124 Å². The predicted octanol–water partition coefficient (Wildman–Crippen LogP) is 2.47. The molecule has 114 valence electrons. The van der Waals surface area contributed by atoms with Crippen LogP contribution < -0.4 is 10.1 Å². The first-order valence-electron chi connectivity index (χ1n) is 7.03. The number of ketones is 1. The van der Waals surface area contributed by atoms with Crippen molar-refractivity contribution in [3.63, 3.8) is 0 Å². The highest BCUT2D eigenvalue weighted by atomic mass is 16.6. The van der Waals surface area contributed by atoms with Gasteiger partial charge in [0.25, 0.3) is 0 Å². The van der Waals surface area contributed by atoms with Crippen LogP contribution in [0.1, 0.15) is 33.3 Å². The van der Waals surface area contributed by atoms with Crippen molar-refractivity contribution in [1.29, 1.82) is 0 Å². The average molecular weight is 291 g/mol. The molecule has 0 saturated heterocycles. The molecule has 0 spiro atoms. The summed E-state index contributed by atoms with van der Waals surface area (Å²) in [5.74, 6) is 0.602. The molecule has 21 heavy (non-hydrogen) atoms. The van der Waals surface area contributed by atoms with Crippen molar-refractivity contribution in [3.8, 4) is 5.75 Å². The van der Waals surface area contributed by atoms with Gasteiger partial charge in [0.1, 0.15) is 23.5 Å². The van der Waals surface area contributed by atoms with Crippen LogP contribution in [0, 0.1) is 0 Å². The van der Waals surface area contributed by atoms with Crippen molar-refractivity contribution < 1.29 is 19.1 Å². The van der Waals surface area contributed by atoms with E-state index in [1.165, 1.54) is 0 Å². The number of benzene rings is 1. The Morgan fingerprint density at radius 1 is 1.33 bits per heavy atom. The number of fused-ring (bicyclic) bond motifs is 1. The Morgan fingerprint density at radius 2 is 2.00 bits per heavy atom. The van der Waals surface area contributed by atoms with E-state index in [0.717, 1.165) is 5.56 Å². The lowest BCUT2D eigenvalue weighted by molar-refractivity contribution is -0.121. The van der Waals surface area contributed by atoms with E-state index < -0.39 is 23.8 Å². The first-order valence-corrected chi connectivity index (χ1v) is 7.03. The molecule has 0 bridgehead atoms. The second-order valence-electron chi connectivity index (χ2n) is 6.20. The van der Waals surface area contributed by atoms with Crippen LogP contribution in [0.2, 0.25) is 0 Å². The zero-order valence-electron chi connectivity index (χ0n) is 12.8. The maximum absolute atomic E-state index is 12.3. The molecule has 1 heterocycles. The van der Waals surface area contributed by atoms with Gasteiger partial charge >= 0.3 is 6.09 Å². The molecule has 2 rings (SSSR count). The van der Waals surface area contributed by atoms with Gasteiger partial charge in [0.15, 0.2) is 5.78 Å². The molecule has 1 N–H and O–H groups in total. The summed E-state index contributed by atoms with van der Waals surface area (Å²) >= 11 is 0. The highest BCUT2D eigenvalue weighted by Crippen LogP contribution is 2.25. The number of ether oxygens (including phenoxy) is 2. The van der Waals surface area contributed by atoms with E-state index in [9.17, 15) is 9.59 Å². The average Bonchev–Trinajstić information content (AvgIpc) is 2.46. The van der Waals surface area contributed by atoms with E-state index in [1.54, 1.807) is 27.7 Å². The maximum atomic E-state index is 12.3. The van der Waals surface area contributed by atoms with E-state index in [2.05, 4.69) is 5.32 Å². The van der Waals surface area contributed by atoms with Gasteiger partial charge in [-0.2, -0.15) is 0 Å². The fraction of sp³-hybridized carbons (Fsp3) is 0.500. The monoisotopic (exact) mass is 291 g/mol. The maximum Gasteiger partial charge on any atom is 0.408 e. The van der Waals surface area contributed by atoms with Crippen molar-refractivity contribution in [2.24, 2.45) is 0 Å². The normalized spacial score (nSPS) is 21.8. The predicted molar refractivity (Wildman–Crippen MR) is 78.4 cm³/mol. The summed E-state index contributed by atoms with van der Waals surface area (Å²) in [4.78, 5) is 24.2. The topological polar surface area (TPSA) is 64.6 Å². The number of nitrogens with one attached hydrogen (secondary N) is 1. The van der Waals surface area contributed by atoms with Crippen LogP contribution in [0.4, 0.5) is 4.79 Å². The van der Waals surface area contributed by atoms with Crippen LogP contribution in [0.15, 0.2) is 24.3 Å². The fourth-order valence-corrected chi connectivity index (χ4v) is 2.22. The minimum absolute atomic E-state index is 0.0849. The summed E-state index contributed by atoms with van der Waals surface area (Å²) in [7, 11) is 0. The Kier molecular flexibility index (Phi) is 4.21. The van der Waals surface area contributed by atoms with Gasteiger partial charge in [-0.15, -0.1) is 0 Å². The van der Waals surface area contributed by atoms with Gasteiger partial charge in [-0.05, 0) is 33.8 Å². The van der Waals surface area contributed by atoms with Crippen LogP contribution in [0.3, 0.4) is 0 Å². The molecule has 0 fully saturated rings. The number of hydrogen-bond acceptors (Lipinski definition) is 4. The van der Waals surface area contributed by atoms with Crippen LogP contribution in [-0.4, -0.2) is 29.6 Å². The van der Waals surface area contributed by atoms with Gasteiger partial charge in [0.2, 0.25) is 0 Å². The first-order chi connectivity index (χ1) is 9.76. The standard InChI is InChI=1S/C16H21NO4/c1-10-14(17-15(19)21-16(2,3)4)12(18)9-11-7-5-6-8-13(11)20-10/h5-8,10,14H,9H2,1-4H3,(H,17,19)/t10-,14+/m1/s1. The zero-order chi connectivity index (χ0) is 15.6. The molecule has 1 aromatic rings. The summed E-state index contributed by atoms with van der Waals surface area (Å²) in [6.45, 7) is 7.09. The van der Waals surface area contributed by atoms with Crippen LogP contribution in [0.25, 0.3) is 0 Å². The molecule has 0 radical (unpaired) electrons. The number of hydrogen-bond donors (Lipinski definition) is 1. The highest BCUT2D eigenvalue weighted by molar-refractivity contribution is 5.90. The molecule has 5 nitrogen and oxygen atoms in total. The summed E-state index contributed by atoms with van der Waals surface area (Å²) in [5.41, 5.74) is 0.230. The molecule has 0 saturated carbocycles. The molecular formula is C16H21NO4. The van der Waals surface area contributed by atoms with E-state index in [-0.39, 0.29) is 12.2 Å². The molecule has 1 amide bonds. The summed E-state index contributed by atoms with van der Waals surface area (Å²) in [6, 6.07) is 6.69. The number of carbonyl (C=O) groups is 2. The van der Waals surface area contributed by atoms with Gasteiger partial charge in [-0.1, -0.05) is 18.2 Å². The molecule has 0 aliphatic carbocycles. The molecular weight excluding hydrogens is 270 g/mol. The lowest BCUT2D eigenvalue weighted by Gasteiger charge is -2.25. The second-order valence-corrected chi connectivity index (χ2v) is 6.20. The first kappa shape index (κ1) is 15.4.